The fourth-order valence-electron chi connectivity index (χ4n) is 2.63. The van der Waals surface area contributed by atoms with Crippen LogP contribution in [-0.2, 0) is 4.79 Å². The lowest BCUT2D eigenvalue weighted by Gasteiger charge is -2.26. The average molecular weight is 306 g/mol. The molecule has 3 rings (SSSR count). The standard InChI is InChI=1S/C19H18N2O2/c1-14(18-3-2-12-23-18)21(17-9-10-17)19(22)11-8-15-4-6-16(13-20)7-5-15/h2-8,11-12,14,17H,9-10H2,1H3/b11-8+/t14-/m0/s1. The highest BCUT2D eigenvalue weighted by molar-refractivity contribution is 5.92. The second-order valence-electron chi connectivity index (χ2n) is 5.74. The Labute approximate surface area is 135 Å². The number of carbonyl (C=O) groups is 1. The molecule has 0 N–H and O–H groups in total. The zero-order valence-corrected chi connectivity index (χ0v) is 13.0. The zero-order chi connectivity index (χ0) is 16.2. The lowest BCUT2D eigenvalue weighted by Crippen LogP contribution is -2.34. The number of hydrogen-bond donors (Lipinski definition) is 0. The first-order valence-electron chi connectivity index (χ1n) is 7.73. The molecular weight excluding hydrogens is 288 g/mol. The van der Waals surface area contributed by atoms with Crippen molar-refractivity contribution in [1.29, 1.82) is 5.26 Å². The van der Waals surface area contributed by atoms with Crippen LogP contribution in [0.25, 0.3) is 6.08 Å². The summed E-state index contributed by atoms with van der Waals surface area (Å²) in [4.78, 5) is 14.5. The first-order valence-corrected chi connectivity index (χ1v) is 7.73. The smallest absolute Gasteiger partial charge is 0.247 e. The molecule has 1 saturated carbocycles. The van der Waals surface area contributed by atoms with Crippen LogP contribution in [0.4, 0.5) is 0 Å². The van der Waals surface area contributed by atoms with E-state index in [2.05, 4.69) is 6.07 Å². The molecule has 1 aromatic carbocycles. The minimum atomic E-state index is -0.0735. The third-order valence-corrected chi connectivity index (χ3v) is 4.03. The molecule has 0 aliphatic heterocycles. The molecule has 2 aromatic rings. The number of amides is 1. The third-order valence-electron chi connectivity index (χ3n) is 4.03. The van der Waals surface area contributed by atoms with Gasteiger partial charge in [-0.2, -0.15) is 5.26 Å². The van der Waals surface area contributed by atoms with Gasteiger partial charge < -0.3 is 9.32 Å². The largest absolute Gasteiger partial charge is 0.467 e. The van der Waals surface area contributed by atoms with Gasteiger partial charge in [-0.3, -0.25) is 4.79 Å². The van der Waals surface area contributed by atoms with Gasteiger partial charge in [0.2, 0.25) is 5.91 Å². The van der Waals surface area contributed by atoms with Crippen LogP contribution in [0.5, 0.6) is 0 Å². The fraction of sp³-hybridized carbons (Fsp3) is 0.263. The number of benzene rings is 1. The summed E-state index contributed by atoms with van der Waals surface area (Å²) in [5, 5.41) is 8.80. The number of furan rings is 1. The maximum atomic E-state index is 12.6. The molecule has 1 atom stereocenters. The van der Waals surface area contributed by atoms with Crippen molar-refractivity contribution in [2.24, 2.45) is 0 Å². The topological polar surface area (TPSA) is 57.2 Å². The van der Waals surface area contributed by atoms with Crippen LogP contribution in [0, 0.1) is 11.3 Å². The molecule has 116 valence electrons. The Bertz CT molecular complexity index is 735. The molecule has 23 heavy (non-hydrogen) atoms. The van der Waals surface area contributed by atoms with E-state index in [-0.39, 0.29) is 11.9 Å². The van der Waals surface area contributed by atoms with Gasteiger partial charge in [0.1, 0.15) is 5.76 Å². The monoisotopic (exact) mass is 306 g/mol. The highest BCUT2D eigenvalue weighted by Gasteiger charge is 2.36. The van der Waals surface area contributed by atoms with Gasteiger partial charge in [0, 0.05) is 12.1 Å². The Balaban J connectivity index is 1.73. The van der Waals surface area contributed by atoms with E-state index < -0.39 is 0 Å². The van der Waals surface area contributed by atoms with E-state index in [1.54, 1.807) is 30.5 Å². The highest BCUT2D eigenvalue weighted by Crippen LogP contribution is 2.34. The van der Waals surface area contributed by atoms with Crippen LogP contribution in [0.1, 0.15) is 42.7 Å². The second-order valence-corrected chi connectivity index (χ2v) is 5.74. The summed E-state index contributed by atoms with van der Waals surface area (Å²) < 4.78 is 5.44. The third kappa shape index (κ3) is 3.51. The lowest BCUT2D eigenvalue weighted by molar-refractivity contribution is -0.129. The van der Waals surface area contributed by atoms with E-state index in [0.717, 1.165) is 24.2 Å². The van der Waals surface area contributed by atoms with Crippen molar-refractivity contribution in [3.05, 3.63) is 65.6 Å². The predicted molar refractivity (Wildman–Crippen MR) is 87.2 cm³/mol. The van der Waals surface area contributed by atoms with Gasteiger partial charge >= 0.3 is 0 Å². The van der Waals surface area contributed by atoms with Gasteiger partial charge in [-0.1, -0.05) is 12.1 Å². The van der Waals surface area contributed by atoms with Gasteiger partial charge in [-0.25, -0.2) is 0 Å². The summed E-state index contributed by atoms with van der Waals surface area (Å²) in [5.41, 5.74) is 1.51. The van der Waals surface area contributed by atoms with Crippen molar-refractivity contribution >= 4 is 12.0 Å². The van der Waals surface area contributed by atoms with E-state index >= 15 is 0 Å². The highest BCUT2D eigenvalue weighted by atomic mass is 16.3. The van der Waals surface area contributed by atoms with E-state index in [0.29, 0.717) is 11.6 Å². The SMILES string of the molecule is C[C@@H](c1ccco1)N(C(=O)/C=C/c1ccc(C#N)cc1)C1CC1. The van der Waals surface area contributed by atoms with E-state index in [9.17, 15) is 4.79 Å². The quantitative estimate of drug-likeness (QED) is 0.787. The Morgan fingerprint density at radius 3 is 2.65 bits per heavy atom. The predicted octanol–water partition coefficient (Wildman–Crippen LogP) is 3.92. The molecule has 1 aromatic heterocycles. The molecule has 4 nitrogen and oxygen atoms in total. The normalized spacial score (nSPS) is 15.3. The van der Waals surface area contributed by atoms with Crippen LogP contribution < -0.4 is 0 Å². The minimum Gasteiger partial charge on any atom is -0.467 e. The molecule has 1 heterocycles. The molecule has 1 aliphatic rings. The van der Waals surface area contributed by atoms with Gasteiger partial charge in [0.05, 0.1) is 23.9 Å². The first kappa shape index (κ1) is 15.1. The molecular formula is C19H18N2O2. The molecule has 1 aliphatic carbocycles. The zero-order valence-electron chi connectivity index (χ0n) is 13.0. The van der Waals surface area contributed by atoms with Crippen LogP contribution in [-0.4, -0.2) is 16.8 Å². The molecule has 0 unspecified atom stereocenters. The minimum absolute atomic E-state index is 0.0132. The number of rotatable bonds is 5. The van der Waals surface area contributed by atoms with Crippen molar-refractivity contribution < 1.29 is 9.21 Å². The number of hydrogen-bond acceptors (Lipinski definition) is 3. The van der Waals surface area contributed by atoms with Crippen molar-refractivity contribution in [1.82, 2.24) is 4.90 Å². The summed E-state index contributed by atoms with van der Waals surface area (Å²) in [6, 6.07) is 13.2. The number of nitriles is 1. The fourth-order valence-corrected chi connectivity index (χ4v) is 2.63. The maximum absolute atomic E-state index is 12.6. The summed E-state index contributed by atoms with van der Waals surface area (Å²) >= 11 is 0. The van der Waals surface area contributed by atoms with E-state index in [1.165, 1.54) is 0 Å². The van der Waals surface area contributed by atoms with Crippen molar-refractivity contribution in [3.63, 3.8) is 0 Å². The average Bonchev–Trinajstić information content (AvgIpc) is 3.25. The Morgan fingerprint density at radius 1 is 1.35 bits per heavy atom. The van der Waals surface area contributed by atoms with Crippen molar-refractivity contribution in [2.75, 3.05) is 0 Å². The Morgan fingerprint density at radius 2 is 2.09 bits per heavy atom. The van der Waals surface area contributed by atoms with E-state index in [1.807, 2.05) is 36.1 Å². The van der Waals surface area contributed by atoms with Crippen LogP contribution >= 0.6 is 0 Å². The molecule has 1 fully saturated rings. The maximum Gasteiger partial charge on any atom is 0.247 e. The molecule has 4 heteroatoms. The van der Waals surface area contributed by atoms with Gasteiger partial charge in [0.15, 0.2) is 0 Å². The molecule has 0 radical (unpaired) electrons. The Hall–Kier alpha value is -2.80. The van der Waals surface area contributed by atoms with Crippen LogP contribution in [0.3, 0.4) is 0 Å². The van der Waals surface area contributed by atoms with Gasteiger partial charge in [-0.05, 0) is 55.7 Å². The van der Waals surface area contributed by atoms with Crippen LogP contribution in [0.2, 0.25) is 0 Å². The molecule has 0 bridgehead atoms. The summed E-state index contributed by atoms with van der Waals surface area (Å²) in [6.07, 6.45) is 7.10. The summed E-state index contributed by atoms with van der Waals surface area (Å²) in [5.74, 6) is 0.790. The molecule has 0 spiro atoms. The van der Waals surface area contributed by atoms with E-state index in [4.69, 9.17) is 9.68 Å². The van der Waals surface area contributed by atoms with Crippen molar-refractivity contribution in [2.45, 2.75) is 31.8 Å². The summed E-state index contributed by atoms with van der Waals surface area (Å²) in [6.45, 7) is 1.99. The summed E-state index contributed by atoms with van der Waals surface area (Å²) in [7, 11) is 0. The van der Waals surface area contributed by atoms with Gasteiger partial charge in [-0.15, -0.1) is 0 Å². The second kappa shape index (κ2) is 6.53. The van der Waals surface area contributed by atoms with Crippen molar-refractivity contribution in [3.8, 4) is 6.07 Å². The Kier molecular flexibility index (Phi) is 4.29. The number of nitrogens with zero attached hydrogens (tertiary/aromatic N) is 2. The molecule has 0 saturated heterocycles. The first-order chi connectivity index (χ1) is 11.2. The lowest BCUT2D eigenvalue weighted by atomic mass is 10.1. The number of carbonyl (C=O) groups excluding carboxylic acids is 1. The van der Waals surface area contributed by atoms with Gasteiger partial charge in [0.25, 0.3) is 0 Å². The molecule has 1 amide bonds. The van der Waals surface area contributed by atoms with Crippen LogP contribution in [0.15, 0.2) is 53.2 Å².